The fourth-order valence-electron chi connectivity index (χ4n) is 2.68. The van der Waals surface area contributed by atoms with Crippen LogP contribution >= 0.6 is 15.9 Å². The first-order valence-corrected chi connectivity index (χ1v) is 7.04. The molecule has 1 heterocycles. The molecule has 2 aromatic carbocycles. The maximum Gasteiger partial charge on any atom is 0.0451 e. The molecule has 0 amide bonds. The number of rotatable bonds is 2. The largest absolute Gasteiger partial charge is 0.314 e. The summed E-state index contributed by atoms with van der Waals surface area (Å²) in [5.74, 6) is 0. The SMILES string of the molecule is Cc1cccc(C2(c3cccc(Br)c3)CNC2)c1. The van der Waals surface area contributed by atoms with Crippen molar-refractivity contribution in [1.29, 1.82) is 0 Å². The molecule has 0 spiro atoms. The average molecular weight is 302 g/mol. The molecule has 1 N–H and O–H groups in total. The summed E-state index contributed by atoms with van der Waals surface area (Å²) in [4.78, 5) is 0. The molecule has 2 aromatic rings. The smallest absolute Gasteiger partial charge is 0.0451 e. The summed E-state index contributed by atoms with van der Waals surface area (Å²) in [6, 6.07) is 17.5. The van der Waals surface area contributed by atoms with E-state index >= 15 is 0 Å². The summed E-state index contributed by atoms with van der Waals surface area (Å²) in [7, 11) is 0. The van der Waals surface area contributed by atoms with Crippen LogP contribution < -0.4 is 5.32 Å². The molecule has 0 saturated carbocycles. The number of hydrogen-bond donors (Lipinski definition) is 1. The molecule has 0 bridgehead atoms. The van der Waals surface area contributed by atoms with Gasteiger partial charge in [-0.15, -0.1) is 0 Å². The van der Waals surface area contributed by atoms with Crippen LogP contribution in [0.5, 0.6) is 0 Å². The number of nitrogens with one attached hydrogen (secondary N) is 1. The Morgan fingerprint density at radius 2 is 1.67 bits per heavy atom. The Balaban J connectivity index is 2.10. The standard InChI is InChI=1S/C16H16BrN/c1-12-4-2-5-13(8-12)16(10-18-11-16)14-6-3-7-15(17)9-14/h2-9,18H,10-11H2,1H3. The highest BCUT2D eigenvalue weighted by atomic mass is 79.9. The van der Waals surface area contributed by atoms with E-state index in [4.69, 9.17) is 0 Å². The first-order chi connectivity index (χ1) is 8.71. The Hall–Kier alpha value is -1.12. The van der Waals surface area contributed by atoms with Gasteiger partial charge in [0.15, 0.2) is 0 Å². The fourth-order valence-corrected chi connectivity index (χ4v) is 3.08. The molecule has 1 aliphatic rings. The second-order valence-corrected chi connectivity index (χ2v) is 5.98. The van der Waals surface area contributed by atoms with E-state index in [1.165, 1.54) is 16.7 Å². The van der Waals surface area contributed by atoms with E-state index in [9.17, 15) is 0 Å². The summed E-state index contributed by atoms with van der Waals surface area (Å²) in [5.41, 5.74) is 4.28. The maximum atomic E-state index is 3.57. The van der Waals surface area contributed by atoms with Crippen LogP contribution in [0.25, 0.3) is 0 Å². The minimum Gasteiger partial charge on any atom is -0.314 e. The number of hydrogen-bond acceptors (Lipinski definition) is 1. The van der Waals surface area contributed by atoms with E-state index in [1.54, 1.807) is 0 Å². The van der Waals surface area contributed by atoms with Gasteiger partial charge in [-0.25, -0.2) is 0 Å². The third kappa shape index (κ3) is 1.90. The lowest BCUT2D eigenvalue weighted by atomic mass is 9.70. The van der Waals surface area contributed by atoms with Gasteiger partial charge in [0, 0.05) is 23.0 Å². The third-order valence-electron chi connectivity index (χ3n) is 3.80. The van der Waals surface area contributed by atoms with Crippen LogP contribution in [0.4, 0.5) is 0 Å². The lowest BCUT2D eigenvalue weighted by molar-refractivity contribution is 0.334. The van der Waals surface area contributed by atoms with Crippen molar-refractivity contribution in [2.75, 3.05) is 13.1 Å². The Bertz CT molecular complexity index is 525. The highest BCUT2D eigenvalue weighted by Gasteiger charge is 2.40. The highest BCUT2D eigenvalue weighted by molar-refractivity contribution is 9.10. The average Bonchev–Trinajstić information content (AvgIpc) is 2.28. The first kappa shape index (κ1) is 11.9. The zero-order valence-corrected chi connectivity index (χ0v) is 12.0. The van der Waals surface area contributed by atoms with Crippen molar-refractivity contribution in [2.24, 2.45) is 0 Å². The van der Waals surface area contributed by atoms with Gasteiger partial charge in [-0.1, -0.05) is 57.9 Å². The minimum atomic E-state index is 0.149. The van der Waals surface area contributed by atoms with Gasteiger partial charge in [-0.3, -0.25) is 0 Å². The molecule has 3 rings (SSSR count). The summed E-state index contributed by atoms with van der Waals surface area (Å²) in [6.07, 6.45) is 0. The van der Waals surface area contributed by atoms with Gasteiger partial charge in [0.05, 0.1) is 0 Å². The van der Waals surface area contributed by atoms with E-state index in [-0.39, 0.29) is 5.41 Å². The van der Waals surface area contributed by atoms with Gasteiger partial charge < -0.3 is 5.32 Å². The minimum absolute atomic E-state index is 0.149. The fraction of sp³-hybridized carbons (Fsp3) is 0.250. The molecule has 0 radical (unpaired) electrons. The third-order valence-corrected chi connectivity index (χ3v) is 4.29. The van der Waals surface area contributed by atoms with Crippen molar-refractivity contribution >= 4 is 15.9 Å². The van der Waals surface area contributed by atoms with Crippen LogP contribution in [-0.4, -0.2) is 13.1 Å². The van der Waals surface area contributed by atoms with E-state index in [0.29, 0.717) is 0 Å². The van der Waals surface area contributed by atoms with Crippen molar-refractivity contribution < 1.29 is 0 Å². The summed E-state index contributed by atoms with van der Waals surface area (Å²) in [6.45, 7) is 4.20. The van der Waals surface area contributed by atoms with Gasteiger partial charge in [-0.2, -0.15) is 0 Å². The van der Waals surface area contributed by atoms with Crippen LogP contribution in [0.15, 0.2) is 53.0 Å². The van der Waals surface area contributed by atoms with Crippen molar-refractivity contribution in [3.8, 4) is 0 Å². The molecule has 92 valence electrons. The normalized spacial score (nSPS) is 17.2. The Morgan fingerprint density at radius 3 is 2.22 bits per heavy atom. The van der Waals surface area contributed by atoms with Crippen LogP contribution in [0, 0.1) is 6.92 Å². The highest BCUT2D eigenvalue weighted by Crippen LogP contribution is 2.37. The Morgan fingerprint density at radius 1 is 1.00 bits per heavy atom. The van der Waals surface area contributed by atoms with Crippen molar-refractivity contribution in [3.63, 3.8) is 0 Å². The van der Waals surface area contributed by atoms with E-state index in [2.05, 4.69) is 76.7 Å². The van der Waals surface area contributed by atoms with E-state index < -0.39 is 0 Å². The second kappa shape index (κ2) is 4.52. The van der Waals surface area contributed by atoms with Crippen molar-refractivity contribution in [1.82, 2.24) is 5.32 Å². The van der Waals surface area contributed by atoms with Gasteiger partial charge in [0.1, 0.15) is 0 Å². The molecule has 1 aliphatic heterocycles. The number of halogens is 1. The topological polar surface area (TPSA) is 12.0 Å². The molecular formula is C16H16BrN. The van der Waals surface area contributed by atoms with Gasteiger partial charge >= 0.3 is 0 Å². The molecule has 0 atom stereocenters. The lowest BCUT2D eigenvalue weighted by Crippen LogP contribution is -2.57. The molecule has 0 unspecified atom stereocenters. The van der Waals surface area contributed by atoms with Gasteiger partial charge in [-0.05, 0) is 30.2 Å². The van der Waals surface area contributed by atoms with Crippen LogP contribution in [0.1, 0.15) is 16.7 Å². The first-order valence-electron chi connectivity index (χ1n) is 6.25. The Labute approximate surface area is 116 Å². The lowest BCUT2D eigenvalue weighted by Gasteiger charge is -2.44. The predicted molar refractivity (Wildman–Crippen MR) is 79.0 cm³/mol. The summed E-state index contributed by atoms with van der Waals surface area (Å²) >= 11 is 3.57. The molecule has 2 heteroatoms. The quantitative estimate of drug-likeness (QED) is 0.893. The molecule has 0 aliphatic carbocycles. The Kier molecular flexibility index (Phi) is 3.00. The number of aryl methyl sites for hydroxylation is 1. The zero-order chi connectivity index (χ0) is 12.6. The molecule has 1 saturated heterocycles. The van der Waals surface area contributed by atoms with Crippen molar-refractivity contribution in [3.05, 3.63) is 69.7 Å². The van der Waals surface area contributed by atoms with Gasteiger partial charge in [0.2, 0.25) is 0 Å². The monoisotopic (exact) mass is 301 g/mol. The molecular weight excluding hydrogens is 286 g/mol. The molecule has 1 fully saturated rings. The van der Waals surface area contributed by atoms with Crippen molar-refractivity contribution in [2.45, 2.75) is 12.3 Å². The molecule has 1 nitrogen and oxygen atoms in total. The maximum absolute atomic E-state index is 3.57. The summed E-state index contributed by atoms with van der Waals surface area (Å²) < 4.78 is 1.15. The van der Waals surface area contributed by atoms with E-state index in [0.717, 1.165) is 17.6 Å². The van der Waals surface area contributed by atoms with Gasteiger partial charge in [0.25, 0.3) is 0 Å². The second-order valence-electron chi connectivity index (χ2n) is 5.07. The zero-order valence-electron chi connectivity index (χ0n) is 10.4. The predicted octanol–water partition coefficient (Wildman–Crippen LogP) is 3.65. The molecule has 0 aromatic heterocycles. The molecule has 18 heavy (non-hydrogen) atoms. The number of benzene rings is 2. The van der Waals surface area contributed by atoms with E-state index in [1.807, 2.05) is 0 Å². The summed E-state index contributed by atoms with van der Waals surface area (Å²) in [5, 5.41) is 3.42. The van der Waals surface area contributed by atoms with Crippen LogP contribution in [0.2, 0.25) is 0 Å². The van der Waals surface area contributed by atoms with Crippen LogP contribution in [-0.2, 0) is 5.41 Å². The van der Waals surface area contributed by atoms with Crippen LogP contribution in [0.3, 0.4) is 0 Å².